The van der Waals surface area contributed by atoms with Crippen molar-refractivity contribution in [3.63, 3.8) is 0 Å². The zero-order chi connectivity index (χ0) is 17.6. The number of aryl methyl sites for hydroxylation is 1. The first-order valence-corrected chi connectivity index (χ1v) is 9.58. The van der Waals surface area contributed by atoms with Crippen molar-refractivity contribution >= 4 is 35.0 Å². The third-order valence-electron chi connectivity index (χ3n) is 3.85. The standard InChI is InChI=1S/C19H17Cl2FN2S/c20-17-8-7-16(12-18(17)21)25-19(14-3-5-15(22)6-4-14)2-1-10-24-11-9-23-13-24/h3-9,11-13,19H,1-2,10H2. The predicted molar refractivity (Wildman–Crippen MR) is 103 cm³/mol. The van der Waals surface area contributed by atoms with Crippen LogP contribution in [0.25, 0.3) is 0 Å². The Morgan fingerprint density at radius 3 is 2.56 bits per heavy atom. The van der Waals surface area contributed by atoms with E-state index in [1.54, 1.807) is 24.0 Å². The molecule has 0 amide bonds. The lowest BCUT2D eigenvalue weighted by atomic mass is 10.1. The third kappa shape index (κ3) is 5.24. The molecule has 130 valence electrons. The van der Waals surface area contributed by atoms with Crippen LogP contribution in [0.4, 0.5) is 4.39 Å². The largest absolute Gasteiger partial charge is 0.337 e. The molecule has 0 fully saturated rings. The highest BCUT2D eigenvalue weighted by atomic mass is 35.5. The zero-order valence-corrected chi connectivity index (χ0v) is 15.7. The molecule has 0 aliphatic carbocycles. The van der Waals surface area contributed by atoms with Crippen LogP contribution in [0.1, 0.15) is 23.7 Å². The van der Waals surface area contributed by atoms with Crippen molar-refractivity contribution in [3.8, 4) is 0 Å². The summed E-state index contributed by atoms with van der Waals surface area (Å²) < 4.78 is 15.3. The van der Waals surface area contributed by atoms with Crippen molar-refractivity contribution in [3.05, 3.63) is 82.6 Å². The summed E-state index contributed by atoms with van der Waals surface area (Å²) in [7, 11) is 0. The average molecular weight is 395 g/mol. The van der Waals surface area contributed by atoms with Gasteiger partial charge >= 0.3 is 0 Å². The van der Waals surface area contributed by atoms with Gasteiger partial charge in [0.2, 0.25) is 0 Å². The maximum Gasteiger partial charge on any atom is 0.123 e. The van der Waals surface area contributed by atoms with Gasteiger partial charge < -0.3 is 4.57 Å². The number of hydrogen-bond donors (Lipinski definition) is 0. The first kappa shape index (κ1) is 18.3. The van der Waals surface area contributed by atoms with Gasteiger partial charge in [-0.25, -0.2) is 9.37 Å². The topological polar surface area (TPSA) is 17.8 Å². The van der Waals surface area contributed by atoms with Gasteiger partial charge in [-0.15, -0.1) is 11.8 Å². The monoisotopic (exact) mass is 394 g/mol. The Hall–Kier alpha value is -1.49. The van der Waals surface area contributed by atoms with Crippen LogP contribution in [0.3, 0.4) is 0 Å². The van der Waals surface area contributed by atoms with E-state index in [1.807, 2.05) is 36.8 Å². The van der Waals surface area contributed by atoms with Crippen molar-refractivity contribution in [2.75, 3.05) is 0 Å². The number of aromatic nitrogens is 2. The zero-order valence-electron chi connectivity index (χ0n) is 13.4. The lowest BCUT2D eigenvalue weighted by molar-refractivity contribution is 0.601. The summed E-state index contributed by atoms with van der Waals surface area (Å²) in [6.07, 6.45) is 7.50. The van der Waals surface area contributed by atoms with E-state index >= 15 is 0 Å². The van der Waals surface area contributed by atoms with E-state index in [9.17, 15) is 4.39 Å². The molecule has 0 bridgehead atoms. The number of benzene rings is 2. The van der Waals surface area contributed by atoms with E-state index in [0.717, 1.165) is 29.8 Å². The van der Waals surface area contributed by atoms with Crippen molar-refractivity contribution in [2.45, 2.75) is 29.5 Å². The fourth-order valence-electron chi connectivity index (χ4n) is 2.56. The molecule has 0 radical (unpaired) electrons. The van der Waals surface area contributed by atoms with Gasteiger partial charge in [0.15, 0.2) is 0 Å². The number of hydrogen-bond acceptors (Lipinski definition) is 2. The highest BCUT2D eigenvalue weighted by molar-refractivity contribution is 7.99. The maximum atomic E-state index is 13.3. The number of rotatable bonds is 7. The van der Waals surface area contributed by atoms with E-state index in [0.29, 0.717) is 10.0 Å². The predicted octanol–water partition coefficient (Wildman–Crippen LogP) is 6.64. The van der Waals surface area contributed by atoms with Gasteiger partial charge in [-0.1, -0.05) is 35.3 Å². The van der Waals surface area contributed by atoms with Gasteiger partial charge in [-0.3, -0.25) is 0 Å². The van der Waals surface area contributed by atoms with Crippen LogP contribution < -0.4 is 0 Å². The first-order chi connectivity index (χ1) is 12.1. The molecule has 6 heteroatoms. The maximum absolute atomic E-state index is 13.3. The van der Waals surface area contributed by atoms with Gasteiger partial charge in [0.1, 0.15) is 5.82 Å². The summed E-state index contributed by atoms with van der Waals surface area (Å²) in [4.78, 5) is 5.11. The second-order valence-corrected chi connectivity index (χ2v) is 7.77. The molecule has 0 aliphatic heterocycles. The number of halogens is 3. The number of imidazole rings is 1. The summed E-state index contributed by atoms with van der Waals surface area (Å²) in [5.74, 6) is -0.222. The van der Waals surface area contributed by atoms with Crippen LogP contribution in [-0.4, -0.2) is 9.55 Å². The Bertz CT molecular complexity index is 807. The smallest absolute Gasteiger partial charge is 0.123 e. The molecule has 3 aromatic rings. The molecular weight excluding hydrogens is 378 g/mol. The van der Waals surface area contributed by atoms with Crippen LogP contribution in [0.15, 0.2) is 66.1 Å². The van der Waals surface area contributed by atoms with Crippen LogP contribution in [-0.2, 0) is 6.54 Å². The third-order valence-corrected chi connectivity index (χ3v) is 5.91. The van der Waals surface area contributed by atoms with E-state index in [4.69, 9.17) is 23.2 Å². The van der Waals surface area contributed by atoms with Crippen LogP contribution in [0.5, 0.6) is 0 Å². The summed E-state index contributed by atoms with van der Waals surface area (Å²) in [5, 5.41) is 1.30. The molecule has 0 saturated carbocycles. The van der Waals surface area contributed by atoms with Gasteiger partial charge in [0, 0.05) is 29.1 Å². The van der Waals surface area contributed by atoms with Gasteiger partial charge in [0.05, 0.1) is 16.4 Å². The summed E-state index contributed by atoms with van der Waals surface area (Å²) >= 11 is 13.8. The minimum absolute atomic E-state index is 0.210. The Balaban J connectivity index is 1.73. The highest BCUT2D eigenvalue weighted by Gasteiger charge is 2.14. The average Bonchev–Trinajstić information content (AvgIpc) is 3.11. The molecule has 2 aromatic carbocycles. The van der Waals surface area contributed by atoms with E-state index in [2.05, 4.69) is 9.55 Å². The fraction of sp³-hybridized carbons (Fsp3) is 0.211. The fourth-order valence-corrected chi connectivity index (χ4v) is 4.17. The lowest BCUT2D eigenvalue weighted by Crippen LogP contribution is -2.00. The molecule has 1 aromatic heterocycles. The molecule has 0 spiro atoms. The van der Waals surface area contributed by atoms with Crippen molar-refractivity contribution in [1.82, 2.24) is 9.55 Å². The second-order valence-electron chi connectivity index (χ2n) is 5.68. The van der Waals surface area contributed by atoms with E-state index in [1.165, 1.54) is 12.1 Å². The molecule has 0 saturated heterocycles. The molecule has 0 N–H and O–H groups in total. The number of thioether (sulfide) groups is 1. The van der Waals surface area contributed by atoms with Crippen molar-refractivity contribution < 1.29 is 4.39 Å². The highest BCUT2D eigenvalue weighted by Crippen LogP contribution is 2.40. The Morgan fingerprint density at radius 2 is 1.88 bits per heavy atom. The lowest BCUT2D eigenvalue weighted by Gasteiger charge is -2.18. The molecule has 1 heterocycles. The SMILES string of the molecule is Fc1ccc(C(CCCn2ccnc2)Sc2ccc(Cl)c(Cl)c2)cc1. The Labute approximate surface area is 161 Å². The first-order valence-electron chi connectivity index (χ1n) is 7.95. The molecular formula is C19H17Cl2FN2S. The molecule has 1 atom stereocenters. The minimum atomic E-state index is -0.222. The molecule has 3 rings (SSSR count). The van der Waals surface area contributed by atoms with E-state index < -0.39 is 0 Å². The summed E-state index contributed by atoms with van der Waals surface area (Å²) in [6.45, 7) is 0.902. The van der Waals surface area contributed by atoms with Crippen molar-refractivity contribution in [1.29, 1.82) is 0 Å². The summed E-state index contributed by atoms with van der Waals surface area (Å²) in [5.41, 5.74) is 1.10. The van der Waals surface area contributed by atoms with Gasteiger partial charge in [-0.05, 0) is 48.7 Å². The van der Waals surface area contributed by atoms with Gasteiger partial charge in [0.25, 0.3) is 0 Å². The normalized spacial score (nSPS) is 12.3. The second kappa shape index (κ2) is 8.75. The van der Waals surface area contributed by atoms with Gasteiger partial charge in [-0.2, -0.15) is 0 Å². The minimum Gasteiger partial charge on any atom is -0.337 e. The number of nitrogens with zero attached hydrogens (tertiary/aromatic N) is 2. The van der Waals surface area contributed by atoms with Crippen LogP contribution >= 0.6 is 35.0 Å². The molecule has 0 aliphatic rings. The van der Waals surface area contributed by atoms with Crippen LogP contribution in [0.2, 0.25) is 10.0 Å². The molecule has 2 nitrogen and oxygen atoms in total. The molecule has 1 unspecified atom stereocenters. The Kier molecular flexibility index (Phi) is 6.40. The quantitative estimate of drug-likeness (QED) is 0.417. The van der Waals surface area contributed by atoms with Crippen LogP contribution in [0, 0.1) is 5.82 Å². The van der Waals surface area contributed by atoms with Crippen molar-refractivity contribution in [2.24, 2.45) is 0 Å². The Morgan fingerprint density at radius 1 is 1.08 bits per heavy atom. The summed E-state index contributed by atoms with van der Waals surface area (Å²) in [6, 6.07) is 12.4. The van der Waals surface area contributed by atoms with E-state index in [-0.39, 0.29) is 11.1 Å². The molecule has 25 heavy (non-hydrogen) atoms.